The standard InChI is InChI=1S/2C11H11O2.2ClH.Ti/c2*1-12-10-6-8-4-3-5-9(8)7-11(10)13-2;;;/h2*3-7H,1-2H3;2*1H;/q2*-1;;;+4/p-2. The maximum Gasteiger partial charge on any atom is 4.00 e. The van der Waals surface area contributed by atoms with E-state index >= 15 is 0 Å². The number of benzene rings is 2. The van der Waals surface area contributed by atoms with Crippen LogP contribution in [0.25, 0.3) is 21.5 Å². The van der Waals surface area contributed by atoms with Crippen molar-refractivity contribution in [3.05, 3.63) is 60.7 Å². The van der Waals surface area contributed by atoms with E-state index in [1.807, 2.05) is 36.4 Å². The molecule has 0 aliphatic rings. The first-order valence-electron chi connectivity index (χ1n) is 8.25. The first-order valence-corrected chi connectivity index (χ1v) is 8.25. The van der Waals surface area contributed by atoms with Gasteiger partial charge in [0.25, 0.3) is 0 Å². The molecule has 0 unspecified atom stereocenters. The third kappa shape index (κ3) is 6.07. The fourth-order valence-electron chi connectivity index (χ4n) is 2.91. The number of rotatable bonds is 4. The van der Waals surface area contributed by atoms with Crippen LogP contribution < -0.4 is 43.8 Å². The Kier molecular flexibility index (Phi) is 11.9. The summed E-state index contributed by atoms with van der Waals surface area (Å²) in [6.07, 6.45) is 0. The van der Waals surface area contributed by atoms with E-state index < -0.39 is 0 Å². The summed E-state index contributed by atoms with van der Waals surface area (Å²) in [5.74, 6) is 3.12. The zero-order chi connectivity index (χ0) is 18.5. The molecule has 4 rings (SSSR count). The van der Waals surface area contributed by atoms with E-state index in [1.165, 1.54) is 21.5 Å². The molecule has 7 heteroatoms. The Morgan fingerprint density at radius 3 is 1.17 bits per heavy atom. The third-order valence-electron chi connectivity index (χ3n) is 4.28. The van der Waals surface area contributed by atoms with Crippen molar-refractivity contribution >= 4 is 21.5 Å². The van der Waals surface area contributed by atoms with E-state index in [1.54, 1.807) is 28.4 Å². The van der Waals surface area contributed by atoms with Crippen LogP contribution in [0.1, 0.15) is 0 Å². The van der Waals surface area contributed by atoms with Crippen molar-refractivity contribution < 1.29 is 65.5 Å². The van der Waals surface area contributed by atoms with Crippen LogP contribution in [0.15, 0.2) is 60.7 Å². The first-order chi connectivity index (χ1) is 12.7. The number of fused-ring (bicyclic) bond motifs is 2. The topological polar surface area (TPSA) is 36.9 Å². The number of halogens is 2. The number of ether oxygens (including phenoxy) is 4. The van der Waals surface area contributed by atoms with Crippen molar-refractivity contribution in [3.63, 3.8) is 0 Å². The smallest absolute Gasteiger partial charge is 1.00 e. The van der Waals surface area contributed by atoms with E-state index in [9.17, 15) is 0 Å². The molecule has 0 amide bonds. The molecule has 152 valence electrons. The van der Waals surface area contributed by atoms with Crippen molar-refractivity contribution in [1.82, 2.24) is 0 Å². The fourth-order valence-corrected chi connectivity index (χ4v) is 2.91. The minimum absolute atomic E-state index is 0. The van der Waals surface area contributed by atoms with Crippen molar-refractivity contribution in [1.29, 1.82) is 0 Å². The summed E-state index contributed by atoms with van der Waals surface area (Å²) in [7, 11) is 6.58. The molecule has 0 fully saturated rings. The molecular weight excluding hydrogens is 447 g/mol. The Hall–Kier alpha value is -1.85. The van der Waals surface area contributed by atoms with Crippen molar-refractivity contribution in [2.75, 3.05) is 28.4 Å². The van der Waals surface area contributed by atoms with E-state index in [2.05, 4.69) is 24.3 Å². The summed E-state index contributed by atoms with van der Waals surface area (Å²) in [6.45, 7) is 0. The summed E-state index contributed by atoms with van der Waals surface area (Å²) >= 11 is 0. The molecule has 0 N–H and O–H groups in total. The normalized spacial score (nSPS) is 9.24. The molecule has 0 aliphatic carbocycles. The second-order valence-corrected chi connectivity index (χ2v) is 5.72. The third-order valence-corrected chi connectivity index (χ3v) is 4.28. The molecule has 0 heterocycles. The van der Waals surface area contributed by atoms with Gasteiger partial charge in [-0.1, -0.05) is 24.3 Å². The van der Waals surface area contributed by atoms with Crippen molar-refractivity contribution in [2.45, 2.75) is 0 Å². The Morgan fingerprint density at radius 1 is 0.552 bits per heavy atom. The quantitative estimate of drug-likeness (QED) is 0.289. The molecule has 0 bridgehead atoms. The van der Waals surface area contributed by atoms with Gasteiger partial charge in [0.15, 0.2) is 0 Å². The molecule has 0 spiro atoms. The average molecular weight is 469 g/mol. The van der Waals surface area contributed by atoms with Crippen LogP contribution in [0.3, 0.4) is 0 Å². The molecular formula is C22H22Cl2O4Ti. The van der Waals surface area contributed by atoms with Gasteiger partial charge in [-0.25, -0.2) is 0 Å². The summed E-state index contributed by atoms with van der Waals surface area (Å²) in [5.41, 5.74) is 0. The first kappa shape index (κ1) is 27.2. The average Bonchev–Trinajstić information content (AvgIpc) is 3.33. The van der Waals surface area contributed by atoms with Gasteiger partial charge in [0, 0.05) is 0 Å². The molecule has 0 saturated heterocycles. The Labute approximate surface area is 198 Å². The van der Waals surface area contributed by atoms with Crippen LogP contribution in [-0.2, 0) is 21.7 Å². The van der Waals surface area contributed by atoms with Gasteiger partial charge >= 0.3 is 21.7 Å². The van der Waals surface area contributed by atoms with Gasteiger partial charge in [-0.15, -0.1) is 33.7 Å². The molecule has 4 aromatic carbocycles. The molecule has 0 radical (unpaired) electrons. The number of hydrogen-bond acceptors (Lipinski definition) is 4. The second-order valence-electron chi connectivity index (χ2n) is 5.72. The van der Waals surface area contributed by atoms with Crippen LogP contribution in [-0.4, -0.2) is 28.4 Å². The van der Waals surface area contributed by atoms with Gasteiger partial charge in [0.05, 0.1) is 28.4 Å². The maximum absolute atomic E-state index is 5.19. The van der Waals surface area contributed by atoms with Gasteiger partial charge in [-0.2, -0.15) is 24.3 Å². The molecule has 0 aliphatic heterocycles. The summed E-state index contributed by atoms with van der Waals surface area (Å²) in [4.78, 5) is 0. The predicted molar refractivity (Wildman–Crippen MR) is 105 cm³/mol. The maximum atomic E-state index is 5.19. The van der Waals surface area contributed by atoms with E-state index in [0.717, 1.165) is 23.0 Å². The molecule has 4 aromatic rings. The summed E-state index contributed by atoms with van der Waals surface area (Å²) in [5, 5.41) is 4.71. The van der Waals surface area contributed by atoms with Crippen molar-refractivity contribution in [3.8, 4) is 23.0 Å². The molecule has 0 aromatic heterocycles. The van der Waals surface area contributed by atoms with E-state index in [0.29, 0.717) is 0 Å². The number of hydrogen-bond donors (Lipinski definition) is 0. The monoisotopic (exact) mass is 468 g/mol. The van der Waals surface area contributed by atoms with Crippen LogP contribution in [0.2, 0.25) is 0 Å². The molecule has 4 nitrogen and oxygen atoms in total. The van der Waals surface area contributed by atoms with Gasteiger partial charge < -0.3 is 43.8 Å². The van der Waals surface area contributed by atoms with Gasteiger partial charge in [0.2, 0.25) is 0 Å². The molecule has 0 saturated carbocycles. The molecule has 0 atom stereocenters. The van der Waals surface area contributed by atoms with Gasteiger partial charge in [-0.3, -0.25) is 0 Å². The number of methoxy groups -OCH3 is 4. The minimum atomic E-state index is 0. The SMILES string of the molecule is COc1cc2cc[cH-]c2cc1OC.COc1cc2cc[cH-]c2cc1OC.[Cl-].[Cl-].[Ti+4]. The van der Waals surface area contributed by atoms with Crippen molar-refractivity contribution in [2.24, 2.45) is 0 Å². The summed E-state index contributed by atoms with van der Waals surface area (Å²) < 4.78 is 20.8. The Morgan fingerprint density at radius 2 is 0.862 bits per heavy atom. The van der Waals surface area contributed by atoms with Crippen LogP contribution in [0.4, 0.5) is 0 Å². The second kappa shape index (κ2) is 12.7. The Bertz CT molecular complexity index is 853. The Balaban J connectivity index is 0.000000490. The summed E-state index contributed by atoms with van der Waals surface area (Å²) in [6, 6.07) is 20.2. The van der Waals surface area contributed by atoms with E-state index in [-0.39, 0.29) is 46.5 Å². The zero-order valence-corrected chi connectivity index (χ0v) is 19.7. The van der Waals surface area contributed by atoms with Crippen LogP contribution in [0.5, 0.6) is 23.0 Å². The predicted octanol–water partition coefficient (Wildman–Crippen LogP) is -0.843. The van der Waals surface area contributed by atoms with Gasteiger partial charge in [-0.05, 0) is 0 Å². The van der Waals surface area contributed by atoms with Crippen LogP contribution >= 0.6 is 0 Å². The minimum Gasteiger partial charge on any atom is -1.00 e. The fraction of sp³-hybridized carbons (Fsp3) is 0.182. The molecule has 29 heavy (non-hydrogen) atoms. The van der Waals surface area contributed by atoms with E-state index in [4.69, 9.17) is 18.9 Å². The van der Waals surface area contributed by atoms with Gasteiger partial charge in [0.1, 0.15) is 23.0 Å². The van der Waals surface area contributed by atoms with Crippen LogP contribution in [0, 0.1) is 0 Å². The zero-order valence-electron chi connectivity index (χ0n) is 16.7. The largest absolute Gasteiger partial charge is 4.00 e.